The third kappa shape index (κ3) is 3.00. The van der Waals surface area contributed by atoms with Crippen LogP contribution in [0.3, 0.4) is 0 Å². The lowest BCUT2D eigenvalue weighted by Gasteiger charge is -1.92. The molecule has 2 heterocycles. The number of hydrogen-bond acceptors (Lipinski definition) is 6. The summed E-state index contributed by atoms with van der Waals surface area (Å²) in [5, 5.41) is 11.5. The smallest absolute Gasteiger partial charge is 0.304 e. The van der Waals surface area contributed by atoms with Crippen molar-refractivity contribution in [1.29, 1.82) is 0 Å². The molecule has 2 aromatic heterocycles. The quantitative estimate of drug-likeness (QED) is 0.720. The van der Waals surface area contributed by atoms with E-state index in [1.54, 1.807) is 11.3 Å². The number of aromatic nitrogens is 2. The first-order valence-corrected chi connectivity index (χ1v) is 8.56. The van der Waals surface area contributed by atoms with Gasteiger partial charge in [-0.2, -0.15) is 0 Å². The second kappa shape index (κ2) is 5.90. The fourth-order valence-corrected chi connectivity index (χ4v) is 4.44. The van der Waals surface area contributed by atoms with Crippen LogP contribution in [0.2, 0.25) is 0 Å². The largest absolute Gasteiger partial charge is 0.481 e. The maximum atomic E-state index is 10.5. The molecule has 3 rings (SSSR count). The van der Waals surface area contributed by atoms with E-state index in [9.17, 15) is 4.79 Å². The Labute approximate surface area is 127 Å². The molecule has 0 saturated heterocycles. The first-order chi connectivity index (χ1) is 9.72. The second-order valence-corrected chi connectivity index (χ2v) is 7.21. The van der Waals surface area contributed by atoms with Gasteiger partial charge in [-0.05, 0) is 12.1 Å². The molecule has 0 unspecified atom stereocenters. The highest BCUT2D eigenvalue weighted by Crippen LogP contribution is 2.33. The van der Waals surface area contributed by atoms with Gasteiger partial charge in [0, 0.05) is 11.1 Å². The number of thioether (sulfide) groups is 1. The van der Waals surface area contributed by atoms with Crippen LogP contribution in [-0.4, -0.2) is 26.8 Å². The van der Waals surface area contributed by atoms with Crippen molar-refractivity contribution < 1.29 is 9.90 Å². The Morgan fingerprint density at radius 3 is 2.95 bits per heavy atom. The van der Waals surface area contributed by atoms with Gasteiger partial charge < -0.3 is 5.11 Å². The van der Waals surface area contributed by atoms with Gasteiger partial charge in [-0.25, -0.2) is 9.97 Å². The zero-order chi connectivity index (χ0) is 13.9. The summed E-state index contributed by atoms with van der Waals surface area (Å²) in [6.07, 6.45) is 0.153. The fraction of sp³-hybridized carbons (Fsp3) is 0.154. The average Bonchev–Trinajstić information content (AvgIpc) is 3.03. The van der Waals surface area contributed by atoms with Crippen molar-refractivity contribution >= 4 is 50.6 Å². The van der Waals surface area contributed by atoms with Gasteiger partial charge in [-0.1, -0.05) is 23.9 Å². The summed E-state index contributed by atoms with van der Waals surface area (Å²) in [5.41, 5.74) is 1.86. The number of benzene rings is 1. The van der Waals surface area contributed by atoms with Gasteiger partial charge in [-0.15, -0.1) is 22.7 Å². The van der Waals surface area contributed by atoms with Crippen molar-refractivity contribution in [2.24, 2.45) is 0 Å². The molecule has 7 heteroatoms. The van der Waals surface area contributed by atoms with E-state index >= 15 is 0 Å². The minimum atomic E-state index is -0.777. The topological polar surface area (TPSA) is 63.1 Å². The van der Waals surface area contributed by atoms with Crippen molar-refractivity contribution in [3.8, 4) is 10.7 Å². The third-order valence-electron chi connectivity index (χ3n) is 2.54. The van der Waals surface area contributed by atoms with Gasteiger partial charge in [0.2, 0.25) is 0 Å². The van der Waals surface area contributed by atoms with Crippen LogP contribution in [0, 0.1) is 0 Å². The predicted octanol–water partition coefficient (Wildman–Crippen LogP) is 3.99. The Hall–Kier alpha value is -1.44. The fourth-order valence-electron chi connectivity index (χ4n) is 1.63. The molecule has 0 aliphatic rings. The summed E-state index contributed by atoms with van der Waals surface area (Å²) in [6.45, 7) is 0. The summed E-state index contributed by atoms with van der Waals surface area (Å²) in [7, 11) is 0. The lowest BCUT2D eigenvalue weighted by atomic mass is 10.3. The van der Waals surface area contributed by atoms with Crippen molar-refractivity contribution in [3.63, 3.8) is 0 Å². The van der Waals surface area contributed by atoms with Crippen LogP contribution in [0.5, 0.6) is 0 Å². The molecular formula is C13H10N2O2S3. The van der Waals surface area contributed by atoms with Gasteiger partial charge in [0.05, 0.1) is 16.6 Å². The summed E-state index contributed by atoms with van der Waals surface area (Å²) in [4.78, 5) is 19.6. The Morgan fingerprint density at radius 2 is 2.15 bits per heavy atom. The molecule has 0 radical (unpaired) electrons. The highest BCUT2D eigenvalue weighted by Gasteiger charge is 2.10. The number of aliphatic carboxylic acids is 1. The van der Waals surface area contributed by atoms with E-state index in [4.69, 9.17) is 5.11 Å². The lowest BCUT2D eigenvalue weighted by molar-refractivity contribution is -0.136. The maximum absolute atomic E-state index is 10.5. The van der Waals surface area contributed by atoms with E-state index in [1.165, 1.54) is 23.1 Å². The molecule has 1 aromatic carbocycles. The van der Waals surface area contributed by atoms with Crippen LogP contribution in [0.15, 0.2) is 34.0 Å². The molecule has 3 aromatic rings. The Morgan fingerprint density at radius 1 is 1.30 bits per heavy atom. The summed E-state index contributed by atoms with van der Waals surface area (Å²) >= 11 is 4.63. The lowest BCUT2D eigenvalue weighted by Crippen LogP contribution is -1.95. The van der Waals surface area contributed by atoms with Crippen LogP contribution in [0.1, 0.15) is 6.42 Å². The van der Waals surface area contributed by atoms with E-state index in [2.05, 4.69) is 9.97 Å². The van der Waals surface area contributed by atoms with E-state index in [0.29, 0.717) is 5.75 Å². The van der Waals surface area contributed by atoms with Gasteiger partial charge in [0.1, 0.15) is 10.7 Å². The summed E-state index contributed by atoms with van der Waals surface area (Å²) < 4.78 is 2.04. The molecule has 0 atom stereocenters. The monoisotopic (exact) mass is 322 g/mol. The van der Waals surface area contributed by atoms with Gasteiger partial charge in [-0.3, -0.25) is 4.79 Å². The molecular weight excluding hydrogens is 312 g/mol. The van der Waals surface area contributed by atoms with E-state index < -0.39 is 5.97 Å². The van der Waals surface area contributed by atoms with Crippen LogP contribution >= 0.6 is 34.4 Å². The van der Waals surface area contributed by atoms with Gasteiger partial charge >= 0.3 is 5.97 Å². The number of fused-ring (bicyclic) bond motifs is 1. The molecule has 4 nitrogen and oxygen atoms in total. The molecule has 20 heavy (non-hydrogen) atoms. The molecule has 102 valence electrons. The number of hydrogen-bond donors (Lipinski definition) is 1. The van der Waals surface area contributed by atoms with E-state index in [-0.39, 0.29) is 6.42 Å². The molecule has 0 spiro atoms. The van der Waals surface area contributed by atoms with E-state index in [1.807, 2.05) is 29.6 Å². The number of thiazole rings is 2. The Kier molecular flexibility index (Phi) is 4.00. The van der Waals surface area contributed by atoms with Gasteiger partial charge in [0.15, 0.2) is 4.34 Å². The standard InChI is InChI=1S/C13H10N2O2S3/c16-11(17)5-6-18-13-15-9(7-19-13)12-14-8-3-1-2-4-10(8)20-12/h1-4,7H,5-6H2,(H,16,17). The Bertz CT molecular complexity index is 718. The number of carbonyl (C=O) groups is 1. The van der Waals surface area contributed by atoms with E-state index in [0.717, 1.165) is 25.3 Å². The molecule has 0 amide bonds. The molecule has 0 bridgehead atoms. The number of nitrogens with zero attached hydrogens (tertiary/aromatic N) is 2. The molecule has 0 saturated carbocycles. The molecule has 0 fully saturated rings. The summed E-state index contributed by atoms with van der Waals surface area (Å²) in [6, 6.07) is 8.01. The van der Waals surface area contributed by atoms with Crippen LogP contribution in [-0.2, 0) is 4.79 Å². The predicted molar refractivity (Wildman–Crippen MR) is 83.7 cm³/mol. The molecule has 1 N–H and O–H groups in total. The maximum Gasteiger partial charge on any atom is 0.304 e. The van der Waals surface area contributed by atoms with Crippen molar-refractivity contribution in [2.45, 2.75) is 10.8 Å². The third-order valence-corrected chi connectivity index (χ3v) is 5.62. The van der Waals surface area contributed by atoms with Gasteiger partial charge in [0.25, 0.3) is 0 Å². The zero-order valence-corrected chi connectivity index (χ0v) is 12.7. The zero-order valence-electron chi connectivity index (χ0n) is 10.3. The number of para-hydroxylation sites is 1. The Balaban J connectivity index is 1.77. The van der Waals surface area contributed by atoms with Crippen molar-refractivity contribution in [2.75, 3.05) is 5.75 Å². The summed E-state index contributed by atoms with van der Waals surface area (Å²) in [5.74, 6) is -0.234. The normalized spacial score (nSPS) is 11.0. The van der Waals surface area contributed by atoms with Crippen LogP contribution < -0.4 is 0 Å². The average molecular weight is 322 g/mol. The highest BCUT2D eigenvalue weighted by molar-refractivity contribution is 8.01. The first-order valence-electron chi connectivity index (χ1n) is 5.88. The van der Waals surface area contributed by atoms with Crippen LogP contribution in [0.25, 0.3) is 20.9 Å². The minimum absolute atomic E-state index is 0.153. The minimum Gasteiger partial charge on any atom is -0.481 e. The molecule has 0 aliphatic carbocycles. The van der Waals surface area contributed by atoms with Crippen molar-refractivity contribution in [1.82, 2.24) is 9.97 Å². The number of carboxylic acid groups (broad SMARTS) is 1. The molecule has 0 aliphatic heterocycles. The number of rotatable bonds is 5. The SMILES string of the molecule is O=C(O)CCSc1nc(-c2nc3ccccc3s2)cs1. The van der Waals surface area contributed by atoms with Crippen LogP contribution in [0.4, 0.5) is 0 Å². The highest BCUT2D eigenvalue weighted by atomic mass is 32.2. The second-order valence-electron chi connectivity index (χ2n) is 3.98. The number of carboxylic acids is 1. The first kappa shape index (κ1) is 13.5. The van der Waals surface area contributed by atoms with Crippen molar-refractivity contribution in [3.05, 3.63) is 29.6 Å².